The summed E-state index contributed by atoms with van der Waals surface area (Å²) in [5, 5.41) is 5.86. The molecule has 196 valence electrons. The summed E-state index contributed by atoms with van der Waals surface area (Å²) in [6, 6.07) is 23.9. The highest BCUT2D eigenvalue weighted by molar-refractivity contribution is 6.29. The van der Waals surface area contributed by atoms with E-state index >= 15 is 0 Å². The molecule has 1 fully saturated rings. The lowest BCUT2D eigenvalue weighted by molar-refractivity contribution is 0.101. The lowest BCUT2D eigenvalue weighted by Gasteiger charge is -2.28. The molecule has 0 bridgehead atoms. The van der Waals surface area contributed by atoms with Gasteiger partial charge < -0.3 is 20.3 Å². The number of benzene rings is 3. The molecule has 8 nitrogen and oxygen atoms in total. The van der Waals surface area contributed by atoms with Crippen LogP contribution in [0.25, 0.3) is 0 Å². The van der Waals surface area contributed by atoms with Gasteiger partial charge in [0.1, 0.15) is 5.15 Å². The maximum absolute atomic E-state index is 12.9. The number of anilines is 3. The molecule has 2 heterocycles. The van der Waals surface area contributed by atoms with Crippen molar-refractivity contribution in [3.63, 3.8) is 0 Å². The Morgan fingerprint density at radius 3 is 1.74 bits per heavy atom. The van der Waals surface area contributed by atoms with Crippen molar-refractivity contribution < 1.29 is 19.1 Å². The molecule has 0 saturated carbocycles. The first-order chi connectivity index (χ1) is 19.0. The molecular formula is C30H25ClN4O4. The Hall–Kier alpha value is -4.53. The molecule has 2 amide bonds. The predicted octanol–water partition coefficient (Wildman–Crippen LogP) is 5.31. The molecule has 1 aliphatic heterocycles. The van der Waals surface area contributed by atoms with Crippen LogP contribution in [0.1, 0.15) is 36.6 Å². The standard InChI is InChI=1S/C30H25ClN4O4/c31-27-19-23(13-14-32-27)30(38)34-25-9-3-21(4-10-25)28(36)20-1-7-24(8-2-20)33-29(37)22-5-11-26(12-6-22)35-15-17-39-18-16-35/h1-14,19H,15-18H2,(H,33,37)(H,34,38). The molecular weight excluding hydrogens is 516 g/mol. The Bertz CT molecular complexity index is 1480. The fourth-order valence-corrected chi connectivity index (χ4v) is 4.35. The van der Waals surface area contributed by atoms with Gasteiger partial charge in [-0.1, -0.05) is 11.6 Å². The van der Waals surface area contributed by atoms with E-state index in [2.05, 4.69) is 20.5 Å². The third kappa shape index (κ3) is 6.49. The predicted molar refractivity (Wildman–Crippen MR) is 151 cm³/mol. The summed E-state index contributed by atoms with van der Waals surface area (Å²) in [5.41, 5.74) is 4.07. The number of pyridine rings is 1. The van der Waals surface area contributed by atoms with Crippen molar-refractivity contribution in [2.24, 2.45) is 0 Å². The largest absolute Gasteiger partial charge is 0.378 e. The van der Waals surface area contributed by atoms with Crippen molar-refractivity contribution >= 4 is 46.3 Å². The van der Waals surface area contributed by atoms with Gasteiger partial charge in [0.25, 0.3) is 11.8 Å². The molecule has 0 spiro atoms. The number of aromatic nitrogens is 1. The summed E-state index contributed by atoms with van der Waals surface area (Å²) >= 11 is 5.84. The number of ether oxygens (including phenoxy) is 1. The SMILES string of the molecule is O=C(Nc1ccc(C(=O)c2ccc(NC(=O)c3ccnc(Cl)c3)cc2)cc1)c1ccc(N2CCOCC2)cc1. The minimum absolute atomic E-state index is 0.176. The molecule has 1 saturated heterocycles. The molecule has 0 radical (unpaired) electrons. The number of nitrogens with one attached hydrogen (secondary N) is 2. The molecule has 1 aliphatic rings. The number of hydrogen-bond donors (Lipinski definition) is 2. The number of nitrogens with zero attached hydrogens (tertiary/aromatic N) is 2. The summed E-state index contributed by atoms with van der Waals surface area (Å²) in [4.78, 5) is 44.1. The first-order valence-corrected chi connectivity index (χ1v) is 12.8. The zero-order valence-electron chi connectivity index (χ0n) is 20.9. The molecule has 5 rings (SSSR count). The van der Waals surface area contributed by atoms with E-state index in [1.807, 2.05) is 12.1 Å². The van der Waals surface area contributed by atoms with Gasteiger partial charge in [-0.3, -0.25) is 14.4 Å². The van der Waals surface area contributed by atoms with Gasteiger partial charge in [-0.2, -0.15) is 0 Å². The Balaban J connectivity index is 1.17. The minimum atomic E-state index is -0.330. The summed E-state index contributed by atoms with van der Waals surface area (Å²) in [5.74, 6) is -0.733. The van der Waals surface area contributed by atoms with Gasteiger partial charge in [-0.25, -0.2) is 4.98 Å². The van der Waals surface area contributed by atoms with Gasteiger partial charge in [0.2, 0.25) is 0 Å². The van der Waals surface area contributed by atoms with Crippen LogP contribution in [0, 0.1) is 0 Å². The van der Waals surface area contributed by atoms with Gasteiger partial charge in [-0.15, -0.1) is 0 Å². The highest BCUT2D eigenvalue weighted by atomic mass is 35.5. The lowest BCUT2D eigenvalue weighted by Crippen LogP contribution is -2.36. The van der Waals surface area contributed by atoms with Crippen LogP contribution in [-0.4, -0.2) is 48.9 Å². The molecule has 0 unspecified atom stereocenters. The normalized spacial score (nSPS) is 13.0. The molecule has 0 atom stereocenters. The third-order valence-corrected chi connectivity index (χ3v) is 6.51. The number of carbonyl (C=O) groups is 3. The van der Waals surface area contributed by atoms with Crippen LogP contribution in [0.2, 0.25) is 5.15 Å². The van der Waals surface area contributed by atoms with Crippen LogP contribution in [0.3, 0.4) is 0 Å². The number of carbonyl (C=O) groups excluding carboxylic acids is 3. The first kappa shape index (κ1) is 26.1. The molecule has 0 aliphatic carbocycles. The van der Waals surface area contributed by atoms with E-state index in [0.717, 1.165) is 18.8 Å². The van der Waals surface area contributed by atoms with Gasteiger partial charge in [0.05, 0.1) is 13.2 Å². The fourth-order valence-electron chi connectivity index (χ4n) is 4.17. The second-order valence-corrected chi connectivity index (χ2v) is 9.29. The van der Waals surface area contributed by atoms with Crippen molar-refractivity contribution in [2.75, 3.05) is 41.8 Å². The van der Waals surface area contributed by atoms with Crippen LogP contribution >= 0.6 is 11.6 Å². The maximum Gasteiger partial charge on any atom is 0.255 e. The van der Waals surface area contributed by atoms with Crippen LogP contribution in [0.4, 0.5) is 17.1 Å². The van der Waals surface area contributed by atoms with Crippen molar-refractivity contribution in [1.82, 2.24) is 4.98 Å². The van der Waals surface area contributed by atoms with E-state index in [1.54, 1.807) is 66.7 Å². The summed E-state index contributed by atoms with van der Waals surface area (Å²) in [7, 11) is 0. The van der Waals surface area contributed by atoms with E-state index in [0.29, 0.717) is 46.8 Å². The second-order valence-electron chi connectivity index (χ2n) is 8.91. The number of hydrogen-bond acceptors (Lipinski definition) is 6. The van der Waals surface area contributed by atoms with E-state index < -0.39 is 0 Å². The zero-order valence-corrected chi connectivity index (χ0v) is 21.6. The number of rotatable bonds is 7. The van der Waals surface area contributed by atoms with E-state index in [9.17, 15) is 14.4 Å². The lowest BCUT2D eigenvalue weighted by atomic mass is 10.0. The summed E-state index contributed by atoms with van der Waals surface area (Å²) in [6.45, 7) is 3.07. The maximum atomic E-state index is 12.9. The van der Waals surface area contributed by atoms with Crippen LogP contribution in [0.5, 0.6) is 0 Å². The third-order valence-electron chi connectivity index (χ3n) is 6.30. The number of morpholine rings is 1. The molecule has 1 aromatic heterocycles. The quantitative estimate of drug-likeness (QED) is 0.243. The zero-order chi connectivity index (χ0) is 27.2. The Labute approximate surface area is 230 Å². The molecule has 4 aromatic rings. The topological polar surface area (TPSA) is 101 Å². The van der Waals surface area contributed by atoms with E-state index in [-0.39, 0.29) is 22.8 Å². The van der Waals surface area contributed by atoms with Crippen molar-refractivity contribution in [2.45, 2.75) is 0 Å². The molecule has 2 N–H and O–H groups in total. The van der Waals surface area contributed by atoms with Crippen LogP contribution < -0.4 is 15.5 Å². The Morgan fingerprint density at radius 1 is 0.692 bits per heavy atom. The van der Waals surface area contributed by atoms with E-state index in [1.165, 1.54) is 12.3 Å². The monoisotopic (exact) mass is 540 g/mol. The van der Waals surface area contributed by atoms with Crippen molar-refractivity contribution in [3.05, 3.63) is 119 Å². The van der Waals surface area contributed by atoms with Gasteiger partial charge >= 0.3 is 0 Å². The van der Waals surface area contributed by atoms with Crippen LogP contribution in [0.15, 0.2) is 91.1 Å². The molecule has 39 heavy (non-hydrogen) atoms. The highest BCUT2D eigenvalue weighted by Crippen LogP contribution is 2.20. The summed E-state index contributed by atoms with van der Waals surface area (Å²) in [6.07, 6.45) is 1.46. The minimum Gasteiger partial charge on any atom is -0.378 e. The van der Waals surface area contributed by atoms with Gasteiger partial charge in [0, 0.05) is 58.6 Å². The van der Waals surface area contributed by atoms with Crippen molar-refractivity contribution in [3.8, 4) is 0 Å². The van der Waals surface area contributed by atoms with Gasteiger partial charge in [-0.05, 0) is 84.9 Å². The number of halogens is 1. The van der Waals surface area contributed by atoms with Gasteiger partial charge in [0.15, 0.2) is 5.78 Å². The fraction of sp³-hybridized carbons (Fsp3) is 0.133. The Kier molecular flexibility index (Phi) is 7.96. The smallest absolute Gasteiger partial charge is 0.255 e. The van der Waals surface area contributed by atoms with Crippen molar-refractivity contribution in [1.29, 1.82) is 0 Å². The second kappa shape index (κ2) is 11.9. The van der Waals surface area contributed by atoms with E-state index in [4.69, 9.17) is 16.3 Å². The average Bonchev–Trinajstić information content (AvgIpc) is 2.98. The molecule has 3 aromatic carbocycles. The van der Waals surface area contributed by atoms with Crippen LogP contribution in [-0.2, 0) is 4.74 Å². The number of amides is 2. The summed E-state index contributed by atoms with van der Waals surface area (Å²) < 4.78 is 5.39. The highest BCUT2D eigenvalue weighted by Gasteiger charge is 2.14. The Morgan fingerprint density at radius 2 is 1.21 bits per heavy atom. The molecule has 9 heteroatoms. The number of ketones is 1. The average molecular weight is 541 g/mol. The first-order valence-electron chi connectivity index (χ1n) is 12.4.